The summed E-state index contributed by atoms with van der Waals surface area (Å²) in [6.07, 6.45) is 5.20. The number of carbonyl (C=O) groups excluding carboxylic acids is 1. The standard InChI is InChI=1S/C20H23N9O2/c1-14(29-19(30)7-4-16(25-29)15-2-3-15)20(31)27-10-8-26(9-11-27)17-5-6-18(24-23-17)28-13-21-12-22-28/h4-7,12-15H,2-3,8-11H2,1H3. The number of hydrogen-bond donors (Lipinski definition) is 0. The maximum absolute atomic E-state index is 13.0. The molecule has 2 fully saturated rings. The first-order valence-corrected chi connectivity index (χ1v) is 10.4. The molecule has 0 radical (unpaired) electrons. The van der Waals surface area contributed by atoms with Gasteiger partial charge in [-0.05, 0) is 38.0 Å². The average Bonchev–Trinajstić information content (AvgIpc) is 3.52. The van der Waals surface area contributed by atoms with E-state index >= 15 is 0 Å². The zero-order chi connectivity index (χ0) is 21.4. The van der Waals surface area contributed by atoms with E-state index in [2.05, 4.69) is 30.3 Å². The topological polar surface area (TPSA) is 115 Å². The molecular formula is C20H23N9O2. The van der Waals surface area contributed by atoms with Gasteiger partial charge in [0.2, 0.25) is 5.91 Å². The van der Waals surface area contributed by atoms with Gasteiger partial charge in [-0.1, -0.05) is 0 Å². The Morgan fingerprint density at radius 3 is 2.42 bits per heavy atom. The molecule has 2 aliphatic rings. The zero-order valence-electron chi connectivity index (χ0n) is 17.2. The van der Waals surface area contributed by atoms with E-state index in [1.54, 1.807) is 28.9 Å². The van der Waals surface area contributed by atoms with Gasteiger partial charge in [-0.25, -0.2) is 14.3 Å². The number of rotatable bonds is 5. The minimum Gasteiger partial charge on any atom is -0.352 e. The van der Waals surface area contributed by atoms with Gasteiger partial charge in [0.1, 0.15) is 18.7 Å². The maximum atomic E-state index is 13.0. The van der Waals surface area contributed by atoms with Crippen molar-refractivity contribution in [2.24, 2.45) is 0 Å². The number of hydrogen-bond acceptors (Lipinski definition) is 8. The third kappa shape index (κ3) is 3.90. The Morgan fingerprint density at radius 2 is 1.77 bits per heavy atom. The van der Waals surface area contributed by atoms with Gasteiger partial charge in [-0.3, -0.25) is 9.59 Å². The van der Waals surface area contributed by atoms with Crippen molar-refractivity contribution in [2.45, 2.75) is 31.7 Å². The first-order chi connectivity index (χ1) is 15.1. The highest BCUT2D eigenvalue weighted by molar-refractivity contribution is 5.80. The summed E-state index contributed by atoms with van der Waals surface area (Å²) in [6.45, 7) is 4.12. The van der Waals surface area contributed by atoms with E-state index in [1.807, 2.05) is 12.1 Å². The molecule has 160 valence electrons. The normalized spacial score (nSPS) is 17.6. The molecule has 1 aliphatic heterocycles. The van der Waals surface area contributed by atoms with E-state index in [-0.39, 0.29) is 11.5 Å². The number of amides is 1. The van der Waals surface area contributed by atoms with Crippen molar-refractivity contribution in [3.63, 3.8) is 0 Å². The Kier molecular flexibility index (Phi) is 4.92. The molecule has 5 rings (SSSR count). The molecule has 1 unspecified atom stereocenters. The zero-order valence-corrected chi connectivity index (χ0v) is 17.2. The third-order valence-electron chi connectivity index (χ3n) is 5.77. The molecule has 1 saturated carbocycles. The van der Waals surface area contributed by atoms with Gasteiger partial charge < -0.3 is 9.80 Å². The predicted molar refractivity (Wildman–Crippen MR) is 111 cm³/mol. The molecule has 0 spiro atoms. The molecule has 0 aromatic carbocycles. The molecule has 1 aliphatic carbocycles. The molecule has 4 heterocycles. The second kappa shape index (κ2) is 7.89. The summed E-state index contributed by atoms with van der Waals surface area (Å²) in [5, 5.41) is 17.0. The number of piperazine rings is 1. The lowest BCUT2D eigenvalue weighted by molar-refractivity contribution is -0.135. The van der Waals surface area contributed by atoms with Crippen LogP contribution < -0.4 is 10.5 Å². The first kappa shape index (κ1) is 19.3. The molecule has 3 aromatic rings. The Morgan fingerprint density at radius 1 is 1.03 bits per heavy atom. The molecule has 1 atom stereocenters. The quantitative estimate of drug-likeness (QED) is 0.582. The number of carbonyl (C=O) groups is 1. The first-order valence-electron chi connectivity index (χ1n) is 10.4. The smallest absolute Gasteiger partial charge is 0.267 e. The van der Waals surface area contributed by atoms with Crippen molar-refractivity contribution in [3.05, 3.63) is 53.0 Å². The molecule has 31 heavy (non-hydrogen) atoms. The Hall–Kier alpha value is -3.63. The molecule has 3 aromatic heterocycles. The minimum atomic E-state index is -0.625. The van der Waals surface area contributed by atoms with E-state index in [0.29, 0.717) is 37.9 Å². The van der Waals surface area contributed by atoms with Crippen molar-refractivity contribution in [2.75, 3.05) is 31.1 Å². The Bertz CT molecular complexity index is 1110. The second-order valence-corrected chi connectivity index (χ2v) is 7.89. The molecule has 1 saturated heterocycles. The molecule has 0 bridgehead atoms. The van der Waals surface area contributed by atoms with Crippen LogP contribution in [0.4, 0.5) is 5.82 Å². The summed E-state index contributed by atoms with van der Waals surface area (Å²) >= 11 is 0. The number of nitrogens with zero attached hydrogens (tertiary/aromatic N) is 9. The molecule has 11 heteroatoms. The van der Waals surface area contributed by atoms with E-state index in [1.165, 1.54) is 17.1 Å². The monoisotopic (exact) mass is 421 g/mol. The van der Waals surface area contributed by atoms with Crippen molar-refractivity contribution >= 4 is 11.7 Å². The summed E-state index contributed by atoms with van der Waals surface area (Å²) in [5.74, 6) is 1.68. The van der Waals surface area contributed by atoms with Gasteiger partial charge in [-0.15, -0.1) is 10.2 Å². The van der Waals surface area contributed by atoms with Gasteiger partial charge in [0.25, 0.3) is 5.56 Å². The van der Waals surface area contributed by atoms with Crippen LogP contribution in [0.1, 0.15) is 37.4 Å². The van der Waals surface area contributed by atoms with Crippen LogP contribution in [0.15, 0.2) is 41.7 Å². The Balaban J connectivity index is 1.22. The summed E-state index contributed by atoms with van der Waals surface area (Å²) in [7, 11) is 0. The highest BCUT2D eigenvalue weighted by Gasteiger charge is 2.30. The molecule has 0 N–H and O–H groups in total. The fourth-order valence-electron chi connectivity index (χ4n) is 3.77. The van der Waals surface area contributed by atoms with Crippen LogP contribution in [-0.4, -0.2) is 71.7 Å². The third-order valence-corrected chi connectivity index (χ3v) is 5.77. The van der Waals surface area contributed by atoms with Gasteiger partial charge in [-0.2, -0.15) is 10.2 Å². The van der Waals surface area contributed by atoms with Gasteiger partial charge >= 0.3 is 0 Å². The van der Waals surface area contributed by atoms with Crippen LogP contribution in [0.25, 0.3) is 5.82 Å². The van der Waals surface area contributed by atoms with Crippen molar-refractivity contribution in [1.82, 2.24) is 39.6 Å². The van der Waals surface area contributed by atoms with Crippen molar-refractivity contribution in [3.8, 4) is 5.82 Å². The number of anilines is 1. The fraction of sp³-hybridized carbons (Fsp3) is 0.450. The summed E-state index contributed by atoms with van der Waals surface area (Å²) in [5.41, 5.74) is 0.656. The predicted octanol–water partition coefficient (Wildman–Crippen LogP) is 0.401. The minimum absolute atomic E-state index is 0.0881. The van der Waals surface area contributed by atoms with Crippen LogP contribution in [0.2, 0.25) is 0 Å². The SMILES string of the molecule is CC(C(=O)N1CCN(c2ccc(-n3cncn3)nn2)CC1)n1nc(C2CC2)ccc1=O. The van der Waals surface area contributed by atoms with Crippen LogP contribution >= 0.6 is 0 Å². The fourth-order valence-corrected chi connectivity index (χ4v) is 3.77. The highest BCUT2D eigenvalue weighted by Crippen LogP contribution is 2.38. The van der Waals surface area contributed by atoms with Crippen molar-refractivity contribution in [1.29, 1.82) is 0 Å². The lowest BCUT2D eigenvalue weighted by Crippen LogP contribution is -2.51. The van der Waals surface area contributed by atoms with Gasteiger partial charge in [0.05, 0.1) is 5.69 Å². The maximum Gasteiger partial charge on any atom is 0.267 e. The lowest BCUT2D eigenvalue weighted by Gasteiger charge is -2.36. The highest BCUT2D eigenvalue weighted by atomic mass is 16.2. The Labute approximate surface area is 178 Å². The van der Waals surface area contributed by atoms with Gasteiger partial charge in [0.15, 0.2) is 11.6 Å². The van der Waals surface area contributed by atoms with Crippen LogP contribution in [-0.2, 0) is 4.79 Å². The summed E-state index contributed by atoms with van der Waals surface area (Å²) in [6, 6.07) is 6.39. The lowest BCUT2D eigenvalue weighted by atomic mass is 10.2. The average molecular weight is 421 g/mol. The van der Waals surface area contributed by atoms with Crippen LogP contribution in [0.5, 0.6) is 0 Å². The van der Waals surface area contributed by atoms with Crippen LogP contribution in [0, 0.1) is 0 Å². The van der Waals surface area contributed by atoms with E-state index < -0.39 is 6.04 Å². The summed E-state index contributed by atoms with van der Waals surface area (Å²) < 4.78 is 2.87. The van der Waals surface area contributed by atoms with E-state index in [4.69, 9.17) is 0 Å². The number of aromatic nitrogens is 7. The largest absolute Gasteiger partial charge is 0.352 e. The van der Waals surface area contributed by atoms with Crippen LogP contribution in [0.3, 0.4) is 0 Å². The summed E-state index contributed by atoms with van der Waals surface area (Å²) in [4.78, 5) is 33.1. The van der Waals surface area contributed by atoms with Gasteiger partial charge in [0, 0.05) is 38.2 Å². The van der Waals surface area contributed by atoms with Crippen molar-refractivity contribution < 1.29 is 4.79 Å². The second-order valence-electron chi connectivity index (χ2n) is 7.89. The molecular weight excluding hydrogens is 398 g/mol. The van der Waals surface area contributed by atoms with E-state index in [9.17, 15) is 9.59 Å². The molecule has 11 nitrogen and oxygen atoms in total. The van der Waals surface area contributed by atoms with E-state index in [0.717, 1.165) is 24.4 Å². The molecule has 1 amide bonds.